The quantitative estimate of drug-likeness (QED) is 0.274. The van der Waals surface area contributed by atoms with Gasteiger partial charge in [0.2, 0.25) is 0 Å². The van der Waals surface area contributed by atoms with E-state index in [2.05, 4.69) is 17.3 Å². The van der Waals surface area contributed by atoms with Crippen LogP contribution in [0.25, 0.3) is 22.3 Å². The summed E-state index contributed by atoms with van der Waals surface area (Å²) in [6.07, 6.45) is 2.35. The molecule has 0 bridgehead atoms. The number of rotatable bonds is 8. The first-order chi connectivity index (χ1) is 18.7. The molecule has 1 saturated heterocycles. The Bertz CT molecular complexity index is 1570. The summed E-state index contributed by atoms with van der Waals surface area (Å²) in [7, 11) is 2.13. The molecule has 7 nitrogen and oxygen atoms in total. The third kappa shape index (κ3) is 5.40. The summed E-state index contributed by atoms with van der Waals surface area (Å²) in [4.78, 5) is 27.6. The molecule has 4 aromatic rings. The Morgan fingerprint density at radius 3 is 2.59 bits per heavy atom. The second-order valence-electron chi connectivity index (χ2n) is 10.4. The Hall–Kier alpha value is -4.10. The first kappa shape index (κ1) is 26.5. The molecule has 0 radical (unpaired) electrons. The SMILES string of the molecule is Cc1cc([C@@H](C)Nc2ccccc2C(=O)O)c2oc(-c3ccc(OCC4CCCN4C)cc3)c(C)c(=O)c2c1. The van der Waals surface area contributed by atoms with Crippen molar-refractivity contribution in [2.45, 2.75) is 45.7 Å². The maximum atomic E-state index is 13.5. The van der Waals surface area contributed by atoms with Gasteiger partial charge >= 0.3 is 5.97 Å². The van der Waals surface area contributed by atoms with E-state index in [4.69, 9.17) is 9.15 Å². The summed E-state index contributed by atoms with van der Waals surface area (Å²) < 4.78 is 12.5. The molecule has 0 saturated carbocycles. The lowest BCUT2D eigenvalue weighted by Crippen LogP contribution is -2.30. The molecule has 1 aliphatic rings. The zero-order valence-corrected chi connectivity index (χ0v) is 22.8. The number of hydrogen-bond acceptors (Lipinski definition) is 6. The topological polar surface area (TPSA) is 92.0 Å². The number of nitrogens with zero attached hydrogens (tertiary/aromatic N) is 1. The molecule has 0 amide bonds. The summed E-state index contributed by atoms with van der Waals surface area (Å²) in [5.41, 5.74) is 4.12. The van der Waals surface area contributed by atoms with E-state index in [0.29, 0.717) is 40.6 Å². The van der Waals surface area contributed by atoms with Crippen molar-refractivity contribution in [3.8, 4) is 17.1 Å². The average Bonchev–Trinajstić information content (AvgIpc) is 3.34. The average molecular weight is 527 g/mol. The number of carboxylic acid groups (broad SMARTS) is 1. The Morgan fingerprint density at radius 1 is 1.15 bits per heavy atom. The monoisotopic (exact) mass is 526 g/mol. The van der Waals surface area contributed by atoms with Gasteiger partial charge in [0, 0.05) is 28.4 Å². The van der Waals surface area contributed by atoms with Crippen LogP contribution in [0.1, 0.15) is 52.9 Å². The maximum Gasteiger partial charge on any atom is 0.337 e. The van der Waals surface area contributed by atoms with Crippen molar-refractivity contribution in [2.24, 2.45) is 0 Å². The number of carboxylic acids is 1. The van der Waals surface area contributed by atoms with E-state index in [1.165, 1.54) is 6.42 Å². The van der Waals surface area contributed by atoms with Crippen molar-refractivity contribution in [2.75, 3.05) is 25.5 Å². The molecule has 1 aromatic heterocycles. The predicted molar refractivity (Wildman–Crippen MR) is 154 cm³/mol. The van der Waals surface area contributed by atoms with Crippen LogP contribution in [0.5, 0.6) is 5.75 Å². The second kappa shape index (κ2) is 10.9. The minimum atomic E-state index is -1.01. The van der Waals surface area contributed by atoms with Crippen molar-refractivity contribution in [3.05, 3.63) is 93.1 Å². The molecule has 5 rings (SSSR count). The van der Waals surface area contributed by atoms with Crippen molar-refractivity contribution < 1.29 is 19.1 Å². The molecule has 2 N–H and O–H groups in total. The molecular weight excluding hydrogens is 492 g/mol. The van der Waals surface area contributed by atoms with Gasteiger partial charge in [0.1, 0.15) is 23.7 Å². The van der Waals surface area contributed by atoms with Gasteiger partial charge in [-0.25, -0.2) is 4.79 Å². The van der Waals surface area contributed by atoms with Gasteiger partial charge in [0.25, 0.3) is 0 Å². The molecule has 7 heteroatoms. The van der Waals surface area contributed by atoms with E-state index in [0.717, 1.165) is 35.4 Å². The van der Waals surface area contributed by atoms with Crippen molar-refractivity contribution >= 4 is 22.6 Å². The summed E-state index contributed by atoms with van der Waals surface area (Å²) in [5.74, 6) is 0.287. The first-order valence-electron chi connectivity index (χ1n) is 13.3. The highest BCUT2D eigenvalue weighted by atomic mass is 16.5. The third-order valence-corrected chi connectivity index (χ3v) is 7.62. The zero-order chi connectivity index (χ0) is 27.7. The maximum absolute atomic E-state index is 13.5. The van der Waals surface area contributed by atoms with Gasteiger partial charge in [-0.05, 0) is 95.2 Å². The Kier molecular flexibility index (Phi) is 7.44. The number of anilines is 1. The van der Waals surface area contributed by atoms with E-state index in [1.807, 2.05) is 50.2 Å². The van der Waals surface area contributed by atoms with E-state index >= 15 is 0 Å². The number of aromatic carboxylic acids is 1. The van der Waals surface area contributed by atoms with Gasteiger partial charge in [0.15, 0.2) is 5.43 Å². The van der Waals surface area contributed by atoms with Crippen LogP contribution < -0.4 is 15.5 Å². The second-order valence-corrected chi connectivity index (χ2v) is 10.4. The Labute approximate surface area is 228 Å². The summed E-state index contributed by atoms with van der Waals surface area (Å²) in [6, 6.07) is 18.4. The van der Waals surface area contributed by atoms with Crippen LogP contribution in [0, 0.1) is 13.8 Å². The molecule has 1 fully saturated rings. The highest BCUT2D eigenvalue weighted by Gasteiger charge is 2.22. The predicted octanol–water partition coefficient (Wildman–Crippen LogP) is 6.42. The van der Waals surface area contributed by atoms with Gasteiger partial charge in [-0.3, -0.25) is 4.79 Å². The molecule has 1 unspecified atom stereocenters. The van der Waals surface area contributed by atoms with Gasteiger partial charge in [-0.2, -0.15) is 0 Å². The highest BCUT2D eigenvalue weighted by molar-refractivity contribution is 5.94. The van der Waals surface area contributed by atoms with Gasteiger partial charge in [0.05, 0.1) is 17.0 Å². The first-order valence-corrected chi connectivity index (χ1v) is 13.3. The minimum Gasteiger partial charge on any atom is -0.492 e. The van der Waals surface area contributed by atoms with Gasteiger partial charge in [-0.15, -0.1) is 0 Å². The summed E-state index contributed by atoms with van der Waals surface area (Å²) in [5, 5.41) is 13.4. The van der Waals surface area contributed by atoms with E-state index in [9.17, 15) is 14.7 Å². The van der Waals surface area contributed by atoms with E-state index in [-0.39, 0.29) is 17.0 Å². The summed E-state index contributed by atoms with van der Waals surface area (Å²) >= 11 is 0. The van der Waals surface area contributed by atoms with Crippen LogP contribution >= 0.6 is 0 Å². The molecule has 202 valence electrons. The normalized spacial score (nSPS) is 16.4. The van der Waals surface area contributed by atoms with Crippen LogP contribution in [0.4, 0.5) is 5.69 Å². The molecule has 2 heterocycles. The molecule has 3 aromatic carbocycles. The molecule has 0 aliphatic carbocycles. The number of aryl methyl sites for hydroxylation is 1. The van der Waals surface area contributed by atoms with Gasteiger partial charge < -0.3 is 24.5 Å². The van der Waals surface area contributed by atoms with Crippen molar-refractivity contribution in [1.29, 1.82) is 0 Å². The van der Waals surface area contributed by atoms with Crippen LogP contribution in [0.15, 0.2) is 69.9 Å². The molecule has 0 spiro atoms. The van der Waals surface area contributed by atoms with Crippen LogP contribution in [0.2, 0.25) is 0 Å². The summed E-state index contributed by atoms with van der Waals surface area (Å²) in [6.45, 7) is 7.41. The van der Waals surface area contributed by atoms with E-state index in [1.54, 1.807) is 31.2 Å². The zero-order valence-electron chi connectivity index (χ0n) is 22.8. The van der Waals surface area contributed by atoms with Crippen molar-refractivity contribution in [1.82, 2.24) is 4.90 Å². The Morgan fingerprint density at radius 2 is 1.90 bits per heavy atom. The van der Waals surface area contributed by atoms with Crippen molar-refractivity contribution in [3.63, 3.8) is 0 Å². The lowest BCUT2D eigenvalue weighted by atomic mass is 9.98. The van der Waals surface area contributed by atoms with E-state index < -0.39 is 5.97 Å². The molecule has 1 aliphatic heterocycles. The molecular formula is C32H34N2O5. The minimum absolute atomic E-state index is 0.0843. The number of ether oxygens (including phenoxy) is 1. The number of nitrogens with one attached hydrogen (secondary N) is 1. The number of para-hydroxylation sites is 1. The number of likely N-dealkylation sites (tertiary alicyclic amines) is 1. The number of benzene rings is 3. The lowest BCUT2D eigenvalue weighted by Gasteiger charge is -2.20. The fourth-order valence-corrected chi connectivity index (χ4v) is 5.36. The fraction of sp³-hybridized carbons (Fsp3) is 0.312. The standard InChI is InChI=1S/C32H34N2O5/c1-19-16-26(21(3)33-28-10-6-5-9-25(28)32(36)37)31-27(17-19)29(35)20(2)30(39-31)22-11-13-24(14-12-22)38-18-23-8-7-15-34(23)4/h5-6,9-14,16-17,21,23,33H,7-8,15,18H2,1-4H3,(H,36,37)/t21-,23?/m1/s1. The fourth-order valence-electron chi connectivity index (χ4n) is 5.36. The van der Waals surface area contributed by atoms with Crippen LogP contribution in [-0.4, -0.2) is 42.2 Å². The largest absolute Gasteiger partial charge is 0.492 e. The van der Waals surface area contributed by atoms with Crippen LogP contribution in [0.3, 0.4) is 0 Å². The lowest BCUT2D eigenvalue weighted by molar-refractivity contribution is 0.0698. The van der Waals surface area contributed by atoms with Crippen LogP contribution in [-0.2, 0) is 0 Å². The molecule has 39 heavy (non-hydrogen) atoms. The number of hydrogen-bond donors (Lipinski definition) is 2. The number of likely N-dealkylation sites (N-methyl/N-ethyl adjacent to an activating group) is 1. The highest BCUT2D eigenvalue weighted by Crippen LogP contribution is 2.33. The third-order valence-electron chi connectivity index (χ3n) is 7.62. The Balaban J connectivity index is 1.49. The number of fused-ring (bicyclic) bond motifs is 1. The smallest absolute Gasteiger partial charge is 0.337 e. The molecule has 2 atom stereocenters. The number of carbonyl (C=O) groups is 1. The van der Waals surface area contributed by atoms with Gasteiger partial charge in [-0.1, -0.05) is 18.2 Å².